The van der Waals surface area contributed by atoms with E-state index < -0.39 is 5.92 Å². The van der Waals surface area contributed by atoms with Crippen molar-refractivity contribution >= 4 is 29.1 Å². The predicted molar refractivity (Wildman–Crippen MR) is 128 cm³/mol. The van der Waals surface area contributed by atoms with Crippen LogP contribution in [-0.4, -0.2) is 69.7 Å². The van der Waals surface area contributed by atoms with Crippen LogP contribution in [0.3, 0.4) is 0 Å². The zero-order chi connectivity index (χ0) is 24.9. The first-order valence-corrected chi connectivity index (χ1v) is 11.4. The van der Waals surface area contributed by atoms with E-state index in [1.165, 1.54) is 12.0 Å². The van der Waals surface area contributed by atoms with E-state index in [0.717, 1.165) is 0 Å². The number of methoxy groups -OCH3 is 2. The summed E-state index contributed by atoms with van der Waals surface area (Å²) in [5, 5.41) is 2.80. The Bertz CT molecular complexity index is 1120. The van der Waals surface area contributed by atoms with Gasteiger partial charge in [0.05, 0.1) is 32.4 Å². The molecular formula is C25H29N3O7. The Labute approximate surface area is 203 Å². The second-order valence-corrected chi connectivity index (χ2v) is 8.20. The highest BCUT2D eigenvalue weighted by Gasteiger charge is 2.38. The fourth-order valence-corrected chi connectivity index (χ4v) is 4.21. The summed E-state index contributed by atoms with van der Waals surface area (Å²) < 4.78 is 21.7. The minimum atomic E-state index is -0.559. The quantitative estimate of drug-likeness (QED) is 0.614. The maximum absolute atomic E-state index is 13.2. The van der Waals surface area contributed by atoms with Crippen LogP contribution >= 0.6 is 0 Å². The summed E-state index contributed by atoms with van der Waals surface area (Å²) in [4.78, 5) is 41.7. The first-order valence-electron chi connectivity index (χ1n) is 11.4. The van der Waals surface area contributed by atoms with E-state index >= 15 is 0 Å². The van der Waals surface area contributed by atoms with Crippen molar-refractivity contribution in [2.45, 2.75) is 13.3 Å². The van der Waals surface area contributed by atoms with Crippen LogP contribution in [-0.2, 0) is 14.4 Å². The molecule has 2 aliphatic rings. The van der Waals surface area contributed by atoms with Crippen LogP contribution in [0.2, 0.25) is 0 Å². The monoisotopic (exact) mass is 483 g/mol. The third-order valence-electron chi connectivity index (χ3n) is 6.01. The number of nitrogens with zero attached hydrogens (tertiary/aromatic N) is 2. The van der Waals surface area contributed by atoms with E-state index in [-0.39, 0.29) is 37.2 Å². The minimum absolute atomic E-state index is 0.0638. The summed E-state index contributed by atoms with van der Waals surface area (Å²) in [6, 6.07) is 10.3. The third-order valence-corrected chi connectivity index (χ3v) is 6.01. The lowest BCUT2D eigenvalue weighted by Crippen LogP contribution is -2.42. The zero-order valence-corrected chi connectivity index (χ0v) is 20.0. The van der Waals surface area contributed by atoms with Crippen LogP contribution in [0, 0.1) is 5.92 Å². The van der Waals surface area contributed by atoms with E-state index in [2.05, 4.69) is 5.32 Å². The number of fused-ring (bicyclic) bond motifs is 1. The molecule has 0 aromatic heterocycles. The molecule has 1 saturated heterocycles. The number of rotatable bonds is 8. The van der Waals surface area contributed by atoms with Crippen molar-refractivity contribution in [2.75, 3.05) is 57.3 Å². The Morgan fingerprint density at radius 3 is 2.57 bits per heavy atom. The van der Waals surface area contributed by atoms with E-state index in [9.17, 15) is 14.4 Å². The number of carbonyl (C=O) groups is 3. The molecule has 2 aromatic rings. The fraction of sp³-hybridized carbons (Fsp3) is 0.400. The van der Waals surface area contributed by atoms with Crippen LogP contribution < -0.4 is 29.2 Å². The van der Waals surface area contributed by atoms with Crippen LogP contribution in [0.5, 0.6) is 23.0 Å². The Morgan fingerprint density at radius 2 is 1.86 bits per heavy atom. The van der Waals surface area contributed by atoms with Gasteiger partial charge in [-0.2, -0.15) is 0 Å². The molecule has 1 fully saturated rings. The number of carbonyl (C=O) groups excluding carboxylic acids is 3. The van der Waals surface area contributed by atoms with Gasteiger partial charge in [0, 0.05) is 37.3 Å². The van der Waals surface area contributed by atoms with Gasteiger partial charge in [0.15, 0.2) is 11.5 Å². The smallest absolute Gasteiger partial charge is 0.243 e. The van der Waals surface area contributed by atoms with Crippen LogP contribution in [0.15, 0.2) is 36.4 Å². The van der Waals surface area contributed by atoms with Gasteiger partial charge in [0.2, 0.25) is 17.7 Å². The highest BCUT2D eigenvalue weighted by atomic mass is 16.6. The molecule has 4 rings (SSSR count). The Balaban J connectivity index is 1.40. The number of nitrogens with one attached hydrogen (secondary N) is 1. The molecule has 0 aliphatic carbocycles. The predicted octanol–water partition coefficient (Wildman–Crippen LogP) is 2.32. The van der Waals surface area contributed by atoms with Gasteiger partial charge < -0.3 is 34.1 Å². The molecule has 35 heavy (non-hydrogen) atoms. The number of amides is 3. The molecule has 1 N–H and O–H groups in total. The first-order chi connectivity index (χ1) is 16.9. The molecule has 0 bridgehead atoms. The van der Waals surface area contributed by atoms with Crippen LogP contribution in [0.25, 0.3) is 0 Å². The molecule has 0 saturated carbocycles. The normalized spacial score (nSPS) is 16.6. The lowest BCUT2D eigenvalue weighted by Gasteiger charge is -2.24. The van der Waals surface area contributed by atoms with Crippen LogP contribution in [0.4, 0.5) is 11.4 Å². The molecule has 2 aliphatic heterocycles. The zero-order valence-electron chi connectivity index (χ0n) is 20.0. The van der Waals surface area contributed by atoms with E-state index in [0.29, 0.717) is 54.1 Å². The second kappa shape index (κ2) is 10.5. The molecule has 186 valence electrons. The standard InChI is InChI=1S/C25H29N3O7/c1-4-27(15-23(29)26-17-5-8-20-22(12-17)35-10-9-34-20)25(31)16-11-24(30)28(14-16)19-7-6-18(32-2)13-21(19)33-3/h5-8,12-13,16H,4,9-11,14-15H2,1-3H3,(H,26,29)/t16-/m1/s1. The molecule has 0 radical (unpaired) electrons. The Hall–Kier alpha value is -3.95. The molecule has 0 unspecified atom stereocenters. The third kappa shape index (κ3) is 5.26. The first kappa shape index (κ1) is 24.2. The molecule has 1 atom stereocenters. The number of hydrogen-bond donors (Lipinski definition) is 1. The lowest BCUT2D eigenvalue weighted by molar-refractivity contribution is -0.138. The van der Waals surface area contributed by atoms with Crippen molar-refractivity contribution in [3.8, 4) is 23.0 Å². The summed E-state index contributed by atoms with van der Waals surface area (Å²) in [5.41, 5.74) is 1.13. The maximum Gasteiger partial charge on any atom is 0.243 e. The topological polar surface area (TPSA) is 107 Å². The number of ether oxygens (including phenoxy) is 4. The van der Waals surface area contributed by atoms with Gasteiger partial charge in [-0.15, -0.1) is 0 Å². The molecule has 2 aromatic carbocycles. The summed E-state index contributed by atoms with van der Waals surface area (Å²) in [6.45, 7) is 3.15. The highest BCUT2D eigenvalue weighted by molar-refractivity contribution is 6.02. The summed E-state index contributed by atoms with van der Waals surface area (Å²) in [6.07, 6.45) is 0.0638. The van der Waals surface area contributed by atoms with Crippen molar-refractivity contribution in [1.82, 2.24) is 4.90 Å². The van der Waals surface area contributed by atoms with Gasteiger partial charge in [0.1, 0.15) is 24.7 Å². The van der Waals surface area contributed by atoms with Gasteiger partial charge >= 0.3 is 0 Å². The van der Waals surface area contributed by atoms with Gasteiger partial charge in [-0.3, -0.25) is 14.4 Å². The van der Waals surface area contributed by atoms with Gasteiger partial charge in [-0.05, 0) is 31.2 Å². The largest absolute Gasteiger partial charge is 0.497 e. The number of hydrogen-bond acceptors (Lipinski definition) is 7. The van der Waals surface area contributed by atoms with E-state index in [1.54, 1.807) is 55.3 Å². The Kier molecular flexibility index (Phi) is 7.28. The highest BCUT2D eigenvalue weighted by Crippen LogP contribution is 2.36. The number of likely N-dealkylation sites (N-methyl/N-ethyl adjacent to an activating group) is 1. The van der Waals surface area contributed by atoms with E-state index in [4.69, 9.17) is 18.9 Å². The average molecular weight is 484 g/mol. The van der Waals surface area contributed by atoms with Crippen molar-refractivity contribution in [2.24, 2.45) is 5.92 Å². The summed E-state index contributed by atoms with van der Waals surface area (Å²) in [5.74, 6) is 0.963. The van der Waals surface area contributed by atoms with Crippen LogP contribution in [0.1, 0.15) is 13.3 Å². The molecule has 10 nitrogen and oxygen atoms in total. The van der Waals surface area contributed by atoms with E-state index in [1.807, 2.05) is 0 Å². The van der Waals surface area contributed by atoms with Crippen molar-refractivity contribution < 1.29 is 33.3 Å². The Morgan fingerprint density at radius 1 is 1.09 bits per heavy atom. The lowest BCUT2D eigenvalue weighted by atomic mass is 10.1. The van der Waals surface area contributed by atoms with Gasteiger partial charge in [-0.25, -0.2) is 0 Å². The van der Waals surface area contributed by atoms with Crippen molar-refractivity contribution in [3.63, 3.8) is 0 Å². The molecule has 2 heterocycles. The van der Waals surface area contributed by atoms with Crippen molar-refractivity contribution in [3.05, 3.63) is 36.4 Å². The second-order valence-electron chi connectivity index (χ2n) is 8.20. The number of anilines is 2. The van der Waals surface area contributed by atoms with Gasteiger partial charge in [0.25, 0.3) is 0 Å². The SMILES string of the molecule is CCN(CC(=O)Nc1ccc2c(c1)OCCO2)C(=O)[C@@H]1CC(=O)N(c2ccc(OC)cc2OC)C1. The molecule has 3 amide bonds. The van der Waals surface area contributed by atoms with Gasteiger partial charge in [-0.1, -0.05) is 0 Å². The van der Waals surface area contributed by atoms with Crippen molar-refractivity contribution in [1.29, 1.82) is 0 Å². The molecule has 0 spiro atoms. The molecule has 10 heteroatoms. The maximum atomic E-state index is 13.2. The number of benzene rings is 2. The summed E-state index contributed by atoms with van der Waals surface area (Å²) in [7, 11) is 3.06. The summed E-state index contributed by atoms with van der Waals surface area (Å²) >= 11 is 0. The average Bonchev–Trinajstić information content (AvgIpc) is 3.27. The fourth-order valence-electron chi connectivity index (χ4n) is 4.21. The molecular weight excluding hydrogens is 454 g/mol. The minimum Gasteiger partial charge on any atom is -0.497 e.